The second-order valence-electron chi connectivity index (χ2n) is 12.4. The van der Waals surface area contributed by atoms with Gasteiger partial charge in [0, 0.05) is 29.6 Å². The molecule has 0 saturated heterocycles. The molecular formula is C42H61N3O5. The zero-order valence-corrected chi connectivity index (χ0v) is 31.8. The minimum atomic E-state index is -0.0757. The van der Waals surface area contributed by atoms with Crippen molar-refractivity contribution >= 4 is 23.9 Å². The summed E-state index contributed by atoms with van der Waals surface area (Å²) in [5.74, 6) is 2.73. The summed E-state index contributed by atoms with van der Waals surface area (Å²) in [6.45, 7) is 24.2. The fraction of sp³-hybridized carbons (Fsp3) is 0.476. The Kier molecular flexibility index (Phi) is 18.8. The Morgan fingerprint density at radius 1 is 0.980 bits per heavy atom. The third kappa shape index (κ3) is 12.5. The number of methoxy groups -OCH3 is 1. The maximum atomic E-state index is 13.5. The number of amides is 1. The van der Waals surface area contributed by atoms with E-state index in [4.69, 9.17) is 29.7 Å². The van der Waals surface area contributed by atoms with E-state index in [2.05, 4.69) is 40.0 Å². The predicted octanol–water partition coefficient (Wildman–Crippen LogP) is 10.0. The van der Waals surface area contributed by atoms with Crippen molar-refractivity contribution in [3.63, 3.8) is 0 Å². The highest BCUT2D eigenvalue weighted by Gasteiger charge is 2.28. The Balaban J connectivity index is 0.00000425. The number of aryl methyl sites for hydroxylation is 1. The molecule has 0 aliphatic carbocycles. The monoisotopic (exact) mass is 687 g/mol. The van der Waals surface area contributed by atoms with E-state index in [0.717, 1.165) is 54.5 Å². The lowest BCUT2D eigenvalue weighted by atomic mass is 10.0. The highest BCUT2D eigenvalue weighted by molar-refractivity contribution is 5.97. The number of unbranched alkanes of at least 4 members (excludes halogenated alkanes) is 2. The molecule has 1 amide bonds. The van der Waals surface area contributed by atoms with Crippen molar-refractivity contribution in [3.05, 3.63) is 83.6 Å². The van der Waals surface area contributed by atoms with Crippen molar-refractivity contribution in [1.29, 1.82) is 0 Å². The minimum Gasteiger partial charge on any atom is -0.493 e. The summed E-state index contributed by atoms with van der Waals surface area (Å²) in [5.41, 5.74) is 11.3. The highest BCUT2D eigenvalue weighted by atomic mass is 16.5. The van der Waals surface area contributed by atoms with Gasteiger partial charge in [0.2, 0.25) is 0 Å². The molecule has 8 nitrogen and oxygen atoms in total. The van der Waals surface area contributed by atoms with Gasteiger partial charge in [-0.1, -0.05) is 56.7 Å². The van der Waals surface area contributed by atoms with Gasteiger partial charge in [0.25, 0.3) is 5.91 Å². The number of rotatable bonds is 20. The van der Waals surface area contributed by atoms with Gasteiger partial charge in [-0.05, 0) is 102 Å². The average molecular weight is 688 g/mol. The van der Waals surface area contributed by atoms with Crippen LogP contribution in [-0.2, 0) is 0 Å². The van der Waals surface area contributed by atoms with Crippen LogP contribution in [0.15, 0.2) is 71.9 Å². The zero-order chi connectivity index (χ0) is 37.1. The molecule has 0 aromatic heterocycles. The normalized spacial score (nSPS) is 14.8. The molecule has 0 radical (unpaired) electrons. The molecule has 0 bridgehead atoms. The van der Waals surface area contributed by atoms with Crippen molar-refractivity contribution in [2.24, 2.45) is 16.6 Å². The molecule has 0 fully saturated rings. The predicted molar refractivity (Wildman–Crippen MR) is 210 cm³/mol. The van der Waals surface area contributed by atoms with Gasteiger partial charge in [-0.25, -0.2) is 0 Å². The molecular weight excluding hydrogens is 626 g/mol. The standard InChI is InChI=1S/C40H55N3O5.C2H6/c1-9-28(4)20-29(5)26-42-35-25-39(36(45-8)23-32(35)10-2)47-18-14-12-13-17-46-37-22-31(7)34(24-38(37)48-19-15-16-41)40(44)43-27-30(6)21-33(43)11-3;1-2/h9-11,22-27,29,33H,2-3,12-21,41H2,1,4-8H3;1-2H3/b28-9-,42-26?;. The van der Waals surface area contributed by atoms with E-state index in [9.17, 15) is 4.79 Å². The molecule has 1 heterocycles. The van der Waals surface area contributed by atoms with Crippen molar-refractivity contribution in [2.75, 3.05) is 33.5 Å². The topological polar surface area (TPSA) is 95.6 Å². The minimum absolute atomic E-state index is 0.0482. The number of carbonyl (C=O) groups excluding carboxylic acids is 1. The summed E-state index contributed by atoms with van der Waals surface area (Å²) in [5, 5.41) is 0. The molecule has 274 valence electrons. The molecule has 2 N–H and O–H groups in total. The molecule has 1 aliphatic rings. The van der Waals surface area contributed by atoms with E-state index in [0.29, 0.717) is 67.3 Å². The van der Waals surface area contributed by atoms with Gasteiger partial charge in [0.15, 0.2) is 23.0 Å². The Hall–Kier alpha value is -4.30. The van der Waals surface area contributed by atoms with Crippen molar-refractivity contribution < 1.29 is 23.7 Å². The lowest BCUT2D eigenvalue weighted by Gasteiger charge is -2.23. The van der Waals surface area contributed by atoms with Gasteiger partial charge in [-0.2, -0.15) is 0 Å². The molecule has 2 aromatic rings. The molecule has 8 heteroatoms. The zero-order valence-electron chi connectivity index (χ0n) is 31.8. The Bertz CT molecular complexity index is 1490. The largest absolute Gasteiger partial charge is 0.493 e. The van der Waals surface area contributed by atoms with Gasteiger partial charge in [-0.15, -0.1) is 6.58 Å². The van der Waals surface area contributed by atoms with Crippen molar-refractivity contribution in [2.45, 2.75) is 93.0 Å². The summed E-state index contributed by atoms with van der Waals surface area (Å²) in [6, 6.07) is 7.48. The molecule has 0 spiro atoms. The maximum Gasteiger partial charge on any atom is 0.258 e. The van der Waals surface area contributed by atoms with Crippen LogP contribution < -0.4 is 24.7 Å². The Morgan fingerprint density at radius 3 is 2.18 bits per heavy atom. The Morgan fingerprint density at radius 2 is 1.60 bits per heavy atom. The van der Waals surface area contributed by atoms with Crippen LogP contribution in [0.4, 0.5) is 5.69 Å². The van der Waals surface area contributed by atoms with Gasteiger partial charge in [0.05, 0.1) is 38.7 Å². The van der Waals surface area contributed by atoms with Gasteiger partial charge in [-0.3, -0.25) is 9.79 Å². The van der Waals surface area contributed by atoms with Crippen LogP contribution in [0.5, 0.6) is 23.0 Å². The van der Waals surface area contributed by atoms with E-state index in [-0.39, 0.29) is 11.9 Å². The van der Waals surface area contributed by atoms with Crippen molar-refractivity contribution in [3.8, 4) is 23.0 Å². The van der Waals surface area contributed by atoms with E-state index >= 15 is 0 Å². The van der Waals surface area contributed by atoms with Crippen LogP contribution in [0.3, 0.4) is 0 Å². The molecule has 2 aromatic carbocycles. The first-order chi connectivity index (χ1) is 24.1. The second kappa shape index (κ2) is 22.4. The smallest absolute Gasteiger partial charge is 0.258 e. The molecule has 1 aliphatic heterocycles. The summed E-state index contributed by atoms with van der Waals surface area (Å²) in [7, 11) is 1.64. The SMILES string of the molecule is C=Cc1cc(OC)c(OCCCCCOc2cc(C)c(C(=O)N3C=C(C)CC3C=C)cc2OCCCN)cc1N=CC(C)C/C(C)=C\C.CC. The van der Waals surface area contributed by atoms with Crippen LogP contribution in [0, 0.1) is 12.8 Å². The van der Waals surface area contributed by atoms with E-state index in [1.807, 2.05) is 64.4 Å². The first-order valence-electron chi connectivity index (χ1n) is 18.0. The first-order valence-corrected chi connectivity index (χ1v) is 18.0. The van der Waals surface area contributed by atoms with Crippen molar-refractivity contribution in [1.82, 2.24) is 4.90 Å². The molecule has 2 unspecified atom stereocenters. The van der Waals surface area contributed by atoms with Gasteiger partial charge >= 0.3 is 0 Å². The van der Waals surface area contributed by atoms with Crippen LogP contribution in [-0.4, -0.2) is 56.5 Å². The molecule has 0 saturated carbocycles. The van der Waals surface area contributed by atoms with Gasteiger partial charge in [0.1, 0.15) is 0 Å². The number of allylic oxidation sites excluding steroid dienone is 2. The molecule has 2 atom stereocenters. The summed E-state index contributed by atoms with van der Waals surface area (Å²) < 4.78 is 24.0. The number of aliphatic imine (C=N–C) groups is 1. The van der Waals surface area contributed by atoms with Crippen LogP contribution in [0.25, 0.3) is 6.08 Å². The van der Waals surface area contributed by atoms with Crippen LogP contribution >= 0.6 is 0 Å². The fourth-order valence-corrected chi connectivity index (χ4v) is 5.49. The van der Waals surface area contributed by atoms with E-state index < -0.39 is 0 Å². The molecule has 3 rings (SSSR count). The summed E-state index contributed by atoms with van der Waals surface area (Å²) in [6.07, 6.45) is 14.7. The fourth-order valence-electron chi connectivity index (χ4n) is 5.49. The number of hydrogen-bond donors (Lipinski definition) is 1. The third-order valence-electron chi connectivity index (χ3n) is 8.32. The number of hydrogen-bond acceptors (Lipinski definition) is 7. The van der Waals surface area contributed by atoms with Crippen LogP contribution in [0.2, 0.25) is 0 Å². The lowest BCUT2D eigenvalue weighted by molar-refractivity contribution is 0.0805. The van der Waals surface area contributed by atoms with Gasteiger partial charge < -0.3 is 29.6 Å². The van der Waals surface area contributed by atoms with E-state index in [1.54, 1.807) is 24.2 Å². The number of benzene rings is 2. The Labute approximate surface area is 301 Å². The molecule has 50 heavy (non-hydrogen) atoms. The maximum absolute atomic E-state index is 13.5. The second-order valence-corrected chi connectivity index (χ2v) is 12.4. The highest BCUT2D eigenvalue weighted by Crippen LogP contribution is 2.36. The van der Waals surface area contributed by atoms with Crippen LogP contribution in [0.1, 0.15) is 102 Å². The summed E-state index contributed by atoms with van der Waals surface area (Å²) >= 11 is 0. The number of nitrogens with two attached hydrogens (primary N) is 1. The summed E-state index contributed by atoms with van der Waals surface area (Å²) in [4.78, 5) is 20.0. The number of carbonyl (C=O) groups is 1. The average Bonchev–Trinajstić information content (AvgIpc) is 3.51. The lowest BCUT2D eigenvalue weighted by Crippen LogP contribution is -2.31. The quantitative estimate of drug-likeness (QED) is 0.0846. The third-order valence-corrected chi connectivity index (χ3v) is 8.32. The number of nitrogens with zero attached hydrogens (tertiary/aromatic N) is 2. The number of ether oxygens (including phenoxy) is 4. The first kappa shape index (κ1) is 41.9. The van der Waals surface area contributed by atoms with E-state index in [1.165, 1.54) is 5.57 Å².